The van der Waals surface area contributed by atoms with Gasteiger partial charge >= 0.3 is 0 Å². The molecule has 2 aliphatic heterocycles. The maximum Gasteiger partial charge on any atom is 0.182 e. The van der Waals surface area contributed by atoms with Crippen LogP contribution < -0.4 is 10.6 Å². The van der Waals surface area contributed by atoms with Crippen LogP contribution in [0.1, 0.15) is 5.56 Å². The van der Waals surface area contributed by atoms with Crippen LogP contribution in [0.3, 0.4) is 0 Å². The molecule has 0 radical (unpaired) electrons. The lowest BCUT2D eigenvalue weighted by Crippen LogP contribution is -2.36. The fraction of sp³-hybridized carbons (Fsp3) is 0.103. The molecular formula is C29H27N5O2. The first kappa shape index (κ1) is 23.0. The molecule has 3 aromatic rings. The lowest BCUT2D eigenvalue weighted by Gasteiger charge is -2.33. The largest absolute Gasteiger partial charge is 0.493 e. The van der Waals surface area contributed by atoms with Gasteiger partial charge in [0.1, 0.15) is 12.4 Å². The third-order valence-electron chi connectivity index (χ3n) is 5.88. The SMILES string of the molecule is C=C(NCC1=C(Nc2ccc3ncccc3c2)N=C2C(OC)=CC=CN2C1=C)OCc1ccccc1. The van der Waals surface area contributed by atoms with Gasteiger partial charge in [0.15, 0.2) is 17.5 Å². The van der Waals surface area contributed by atoms with E-state index < -0.39 is 0 Å². The van der Waals surface area contributed by atoms with Gasteiger partial charge in [-0.15, -0.1) is 0 Å². The van der Waals surface area contributed by atoms with Crippen molar-refractivity contribution < 1.29 is 9.47 Å². The molecule has 7 nitrogen and oxygen atoms in total. The van der Waals surface area contributed by atoms with Crippen molar-refractivity contribution in [1.82, 2.24) is 15.2 Å². The van der Waals surface area contributed by atoms with Crippen LogP contribution in [0.5, 0.6) is 0 Å². The number of fused-ring (bicyclic) bond motifs is 2. The average molecular weight is 478 g/mol. The van der Waals surface area contributed by atoms with Crippen molar-refractivity contribution in [2.24, 2.45) is 4.99 Å². The maximum atomic E-state index is 5.82. The highest BCUT2D eigenvalue weighted by molar-refractivity contribution is 6.02. The summed E-state index contributed by atoms with van der Waals surface area (Å²) in [5, 5.41) is 7.77. The van der Waals surface area contributed by atoms with Gasteiger partial charge in [-0.3, -0.25) is 9.88 Å². The van der Waals surface area contributed by atoms with E-state index >= 15 is 0 Å². The van der Waals surface area contributed by atoms with Crippen LogP contribution in [0.2, 0.25) is 0 Å². The maximum absolute atomic E-state index is 5.82. The number of hydrogen-bond acceptors (Lipinski definition) is 7. The molecule has 2 aliphatic rings. The van der Waals surface area contributed by atoms with Crippen molar-refractivity contribution in [3.8, 4) is 0 Å². The van der Waals surface area contributed by atoms with Gasteiger partial charge < -0.3 is 20.1 Å². The summed E-state index contributed by atoms with van der Waals surface area (Å²) in [6.45, 7) is 9.22. The number of hydrogen-bond donors (Lipinski definition) is 2. The molecule has 0 fully saturated rings. The number of allylic oxidation sites excluding steroid dienone is 2. The predicted octanol–water partition coefficient (Wildman–Crippen LogP) is 5.42. The molecule has 0 atom stereocenters. The zero-order chi connectivity index (χ0) is 24.9. The number of methoxy groups -OCH3 is 1. The van der Waals surface area contributed by atoms with Crippen molar-refractivity contribution in [1.29, 1.82) is 0 Å². The van der Waals surface area contributed by atoms with Gasteiger partial charge in [-0.2, -0.15) is 0 Å². The molecule has 0 unspecified atom stereocenters. The Bertz CT molecular complexity index is 1440. The van der Waals surface area contributed by atoms with Crippen molar-refractivity contribution in [3.05, 3.63) is 133 Å². The summed E-state index contributed by atoms with van der Waals surface area (Å²) in [5.74, 6) is 2.45. The van der Waals surface area contributed by atoms with E-state index in [-0.39, 0.29) is 0 Å². The number of ether oxygens (including phenoxy) is 2. The fourth-order valence-electron chi connectivity index (χ4n) is 3.98. The molecule has 7 heteroatoms. The molecule has 0 spiro atoms. The summed E-state index contributed by atoms with van der Waals surface area (Å²) in [7, 11) is 1.63. The van der Waals surface area contributed by atoms with Gasteiger partial charge in [0.25, 0.3) is 0 Å². The molecule has 0 saturated carbocycles. The van der Waals surface area contributed by atoms with Crippen LogP contribution in [0.15, 0.2) is 132 Å². The molecule has 1 aromatic heterocycles. The molecular weight excluding hydrogens is 450 g/mol. The Morgan fingerprint density at radius 2 is 1.94 bits per heavy atom. The molecule has 3 heterocycles. The average Bonchev–Trinajstić information content (AvgIpc) is 2.92. The summed E-state index contributed by atoms with van der Waals surface area (Å²) in [6.07, 6.45) is 7.49. The molecule has 0 amide bonds. The molecule has 36 heavy (non-hydrogen) atoms. The molecule has 0 saturated heterocycles. The minimum absolute atomic E-state index is 0.414. The van der Waals surface area contributed by atoms with E-state index in [4.69, 9.17) is 14.5 Å². The van der Waals surface area contributed by atoms with Gasteiger partial charge in [-0.1, -0.05) is 43.0 Å². The second-order valence-corrected chi connectivity index (χ2v) is 8.24. The number of aromatic nitrogens is 1. The second-order valence-electron chi connectivity index (χ2n) is 8.24. The Balaban J connectivity index is 1.41. The van der Waals surface area contributed by atoms with Crippen LogP contribution in [0, 0.1) is 0 Å². The predicted molar refractivity (Wildman–Crippen MR) is 143 cm³/mol. The Morgan fingerprint density at radius 3 is 2.78 bits per heavy atom. The number of benzene rings is 2. The van der Waals surface area contributed by atoms with Crippen LogP contribution in [-0.4, -0.2) is 29.4 Å². The number of nitrogens with one attached hydrogen (secondary N) is 2. The van der Waals surface area contributed by atoms with Crippen molar-refractivity contribution in [2.45, 2.75) is 6.61 Å². The van der Waals surface area contributed by atoms with Gasteiger partial charge in [0.2, 0.25) is 0 Å². The van der Waals surface area contributed by atoms with Crippen molar-refractivity contribution in [2.75, 3.05) is 19.0 Å². The normalized spacial score (nSPS) is 14.7. The lowest BCUT2D eigenvalue weighted by atomic mass is 10.1. The number of rotatable bonds is 9. The van der Waals surface area contributed by atoms with Crippen molar-refractivity contribution >= 4 is 22.4 Å². The number of anilines is 1. The van der Waals surface area contributed by atoms with E-state index in [1.165, 1.54) is 0 Å². The van der Waals surface area contributed by atoms with E-state index in [1.54, 1.807) is 13.3 Å². The first-order valence-corrected chi connectivity index (χ1v) is 11.6. The summed E-state index contributed by atoms with van der Waals surface area (Å²) in [6, 6.07) is 19.9. The number of pyridine rings is 1. The molecule has 0 aliphatic carbocycles. The van der Waals surface area contributed by atoms with Crippen LogP contribution in [-0.2, 0) is 16.1 Å². The standard InChI is InChI=1S/C29H27N5O2/c1-20-25(18-31-21(2)36-19-22-9-5-4-6-10-22)28(33-29-27(35-3)12-8-16-34(20)29)32-24-13-14-26-23(17-24)11-7-15-30-26/h4-17,31-32H,1-2,18-19H2,3H3. The monoisotopic (exact) mass is 477 g/mol. The molecule has 180 valence electrons. The Labute approximate surface area is 210 Å². The third kappa shape index (κ3) is 4.86. The minimum atomic E-state index is 0.414. The molecule has 2 aromatic carbocycles. The van der Waals surface area contributed by atoms with Gasteiger partial charge in [0.05, 0.1) is 12.6 Å². The summed E-state index contributed by atoms with van der Waals surface area (Å²) >= 11 is 0. The van der Waals surface area contributed by atoms with Crippen LogP contribution in [0.25, 0.3) is 10.9 Å². The van der Waals surface area contributed by atoms with Crippen LogP contribution in [0.4, 0.5) is 5.69 Å². The first-order chi connectivity index (χ1) is 17.6. The highest BCUT2D eigenvalue weighted by Gasteiger charge is 2.29. The summed E-state index contributed by atoms with van der Waals surface area (Å²) in [5.41, 5.74) is 4.53. The zero-order valence-corrected chi connectivity index (χ0v) is 20.1. The second kappa shape index (κ2) is 10.2. The van der Waals surface area contributed by atoms with E-state index in [1.807, 2.05) is 83.9 Å². The highest BCUT2D eigenvalue weighted by atomic mass is 16.5. The first-order valence-electron chi connectivity index (χ1n) is 11.6. The van der Waals surface area contributed by atoms with Gasteiger partial charge in [-0.05, 0) is 48.6 Å². The van der Waals surface area contributed by atoms with Gasteiger partial charge in [0, 0.05) is 41.3 Å². The lowest BCUT2D eigenvalue weighted by molar-refractivity contribution is 0.181. The molecule has 5 rings (SSSR count). The highest BCUT2D eigenvalue weighted by Crippen LogP contribution is 2.31. The van der Waals surface area contributed by atoms with E-state index in [2.05, 4.69) is 28.8 Å². The quantitative estimate of drug-likeness (QED) is 0.401. The summed E-state index contributed by atoms with van der Waals surface area (Å²) < 4.78 is 11.4. The topological polar surface area (TPSA) is 71.0 Å². The molecule has 0 bridgehead atoms. The Hall–Kier alpha value is -4.78. The van der Waals surface area contributed by atoms with E-state index in [0.29, 0.717) is 36.5 Å². The van der Waals surface area contributed by atoms with E-state index in [0.717, 1.165) is 33.4 Å². The summed E-state index contributed by atoms with van der Waals surface area (Å²) in [4.78, 5) is 11.2. The Kier molecular flexibility index (Phi) is 6.53. The zero-order valence-electron chi connectivity index (χ0n) is 20.1. The van der Waals surface area contributed by atoms with Gasteiger partial charge in [-0.25, -0.2) is 4.99 Å². The van der Waals surface area contributed by atoms with Crippen LogP contribution >= 0.6 is 0 Å². The van der Waals surface area contributed by atoms with E-state index in [9.17, 15) is 0 Å². The third-order valence-corrected chi connectivity index (χ3v) is 5.88. The number of amidine groups is 1. The fourth-order valence-corrected chi connectivity index (χ4v) is 3.98. The number of aliphatic imine (C=N–C) groups is 1. The smallest absolute Gasteiger partial charge is 0.182 e. The molecule has 2 N–H and O–H groups in total. The minimum Gasteiger partial charge on any atom is -0.493 e. The van der Waals surface area contributed by atoms with Crippen molar-refractivity contribution in [3.63, 3.8) is 0 Å². The number of nitrogens with zero attached hydrogens (tertiary/aromatic N) is 3. The Morgan fingerprint density at radius 1 is 1.08 bits per heavy atom.